The zero-order valence-corrected chi connectivity index (χ0v) is 13.0. The van der Waals surface area contributed by atoms with E-state index in [2.05, 4.69) is 24.1 Å². The van der Waals surface area contributed by atoms with Crippen molar-refractivity contribution in [2.45, 2.75) is 26.2 Å². The topological polar surface area (TPSA) is 60.2 Å². The summed E-state index contributed by atoms with van der Waals surface area (Å²) in [6, 6.07) is 9.23. The number of hydrogen-bond acceptors (Lipinski definition) is 4. The summed E-state index contributed by atoms with van der Waals surface area (Å²) >= 11 is 0. The quantitative estimate of drug-likeness (QED) is 0.802. The van der Waals surface area contributed by atoms with Crippen LogP contribution in [0.3, 0.4) is 0 Å². The van der Waals surface area contributed by atoms with Crippen LogP contribution in [-0.4, -0.2) is 18.3 Å². The number of ether oxygens (including phenoxy) is 1. The van der Waals surface area contributed by atoms with Crippen LogP contribution in [0.4, 0.5) is 21.5 Å². The molecule has 2 rings (SSSR count). The van der Waals surface area contributed by atoms with E-state index in [1.165, 1.54) is 0 Å². The van der Waals surface area contributed by atoms with Crippen LogP contribution in [0.2, 0.25) is 0 Å². The Morgan fingerprint density at radius 3 is 2.77 bits per heavy atom. The summed E-state index contributed by atoms with van der Waals surface area (Å²) in [6.07, 6.45) is 2.71. The number of nitrogens with one attached hydrogen (secondary N) is 1. The first-order chi connectivity index (χ1) is 10.7. The zero-order valence-electron chi connectivity index (χ0n) is 13.0. The summed E-state index contributed by atoms with van der Waals surface area (Å²) in [5, 5.41) is 3.26. The van der Waals surface area contributed by atoms with E-state index in [1.54, 1.807) is 12.3 Å². The van der Waals surface area contributed by atoms with E-state index in [-0.39, 0.29) is 6.61 Å². The number of alkyl halides is 1. The van der Waals surface area contributed by atoms with Gasteiger partial charge >= 0.3 is 0 Å². The molecule has 1 unspecified atom stereocenters. The van der Waals surface area contributed by atoms with Crippen molar-refractivity contribution in [3.8, 4) is 5.75 Å². The van der Waals surface area contributed by atoms with Crippen molar-refractivity contribution < 1.29 is 9.13 Å². The number of pyridine rings is 1. The molecule has 0 saturated carbocycles. The first-order valence-electron chi connectivity index (χ1n) is 7.46. The van der Waals surface area contributed by atoms with Crippen molar-refractivity contribution in [2.75, 3.05) is 24.3 Å². The van der Waals surface area contributed by atoms with Crippen LogP contribution < -0.4 is 15.8 Å². The number of nitrogens with zero attached hydrogens (tertiary/aromatic N) is 1. The van der Waals surface area contributed by atoms with Crippen molar-refractivity contribution >= 4 is 17.1 Å². The maximum Gasteiger partial charge on any atom is 0.142 e. The fourth-order valence-corrected chi connectivity index (χ4v) is 2.17. The van der Waals surface area contributed by atoms with Crippen molar-refractivity contribution in [2.24, 2.45) is 0 Å². The van der Waals surface area contributed by atoms with Crippen LogP contribution >= 0.6 is 0 Å². The highest BCUT2D eigenvalue weighted by atomic mass is 19.1. The van der Waals surface area contributed by atoms with Gasteiger partial charge in [-0.15, -0.1) is 0 Å². The van der Waals surface area contributed by atoms with E-state index in [0.29, 0.717) is 17.4 Å². The highest BCUT2D eigenvalue weighted by molar-refractivity contribution is 5.76. The Kier molecular flexibility index (Phi) is 5.58. The van der Waals surface area contributed by atoms with Gasteiger partial charge in [0.15, 0.2) is 0 Å². The van der Waals surface area contributed by atoms with E-state index in [4.69, 9.17) is 10.5 Å². The number of para-hydroxylation sites is 2. The van der Waals surface area contributed by atoms with Crippen LogP contribution in [0.5, 0.6) is 5.75 Å². The summed E-state index contributed by atoms with van der Waals surface area (Å²) in [5.74, 6) is 0.890. The number of nitrogens with two attached hydrogens (primary N) is 1. The molecule has 118 valence electrons. The Balaban J connectivity index is 2.28. The SMILES string of the molecule is CCC(C)c1nccc(Nc2ccccc2OCCF)c1N. The van der Waals surface area contributed by atoms with Gasteiger partial charge in [0.25, 0.3) is 0 Å². The lowest BCUT2D eigenvalue weighted by Gasteiger charge is -2.17. The third-order valence-electron chi connectivity index (χ3n) is 3.59. The molecule has 3 N–H and O–H groups in total. The lowest BCUT2D eigenvalue weighted by Crippen LogP contribution is -2.06. The molecule has 2 aromatic rings. The Labute approximate surface area is 130 Å². The highest BCUT2D eigenvalue weighted by Gasteiger charge is 2.13. The monoisotopic (exact) mass is 303 g/mol. The third kappa shape index (κ3) is 3.67. The van der Waals surface area contributed by atoms with Crippen molar-refractivity contribution in [3.63, 3.8) is 0 Å². The fourth-order valence-electron chi connectivity index (χ4n) is 2.17. The molecule has 0 amide bonds. The van der Waals surface area contributed by atoms with Gasteiger partial charge in [-0.3, -0.25) is 4.98 Å². The van der Waals surface area contributed by atoms with E-state index < -0.39 is 6.67 Å². The number of nitrogen functional groups attached to an aromatic ring is 1. The van der Waals surface area contributed by atoms with Crippen LogP contribution in [0.25, 0.3) is 0 Å². The van der Waals surface area contributed by atoms with Crippen molar-refractivity contribution in [1.29, 1.82) is 0 Å². The van der Waals surface area contributed by atoms with E-state index in [9.17, 15) is 4.39 Å². The summed E-state index contributed by atoms with van der Waals surface area (Å²) < 4.78 is 17.7. The van der Waals surface area contributed by atoms with Gasteiger partial charge in [0.1, 0.15) is 19.0 Å². The number of rotatable bonds is 7. The number of halogens is 1. The van der Waals surface area contributed by atoms with Crippen molar-refractivity contribution in [1.82, 2.24) is 4.98 Å². The highest BCUT2D eigenvalue weighted by Crippen LogP contribution is 2.33. The molecule has 4 nitrogen and oxygen atoms in total. The number of hydrogen-bond donors (Lipinski definition) is 2. The smallest absolute Gasteiger partial charge is 0.142 e. The summed E-state index contributed by atoms with van der Waals surface area (Å²) in [7, 11) is 0. The van der Waals surface area contributed by atoms with Gasteiger partial charge in [-0.1, -0.05) is 26.0 Å². The zero-order chi connectivity index (χ0) is 15.9. The molecule has 1 heterocycles. The first-order valence-corrected chi connectivity index (χ1v) is 7.46. The van der Waals surface area contributed by atoms with Crippen molar-refractivity contribution in [3.05, 3.63) is 42.2 Å². The van der Waals surface area contributed by atoms with Gasteiger partial charge in [-0.05, 0) is 24.6 Å². The molecule has 0 aliphatic carbocycles. The average molecular weight is 303 g/mol. The maximum atomic E-state index is 12.3. The molecule has 1 aromatic carbocycles. The van der Waals surface area contributed by atoms with Crippen LogP contribution in [0, 0.1) is 0 Å². The molecule has 0 aliphatic heterocycles. The molecular weight excluding hydrogens is 281 g/mol. The molecule has 1 aromatic heterocycles. The second kappa shape index (κ2) is 7.64. The molecule has 0 radical (unpaired) electrons. The standard InChI is InChI=1S/C17H22FN3O/c1-3-12(2)17-16(19)14(8-10-20-17)21-13-6-4-5-7-15(13)22-11-9-18/h4-8,10,12H,3,9,11,19H2,1-2H3,(H,20,21). The van der Waals surface area contributed by atoms with Crippen LogP contribution in [-0.2, 0) is 0 Å². The van der Waals surface area contributed by atoms with Gasteiger partial charge in [0, 0.05) is 12.1 Å². The maximum absolute atomic E-state index is 12.3. The Morgan fingerprint density at radius 2 is 2.05 bits per heavy atom. The summed E-state index contributed by atoms with van der Waals surface area (Å²) in [5.41, 5.74) is 9.29. The first kappa shape index (κ1) is 16.1. The number of anilines is 3. The molecule has 0 aliphatic rings. The second-order valence-electron chi connectivity index (χ2n) is 5.13. The lowest BCUT2D eigenvalue weighted by atomic mass is 10.0. The number of benzene rings is 1. The van der Waals surface area contributed by atoms with E-state index in [1.807, 2.05) is 24.3 Å². The summed E-state index contributed by atoms with van der Waals surface area (Å²) in [6.45, 7) is 3.71. The van der Waals surface area contributed by atoms with Gasteiger partial charge in [0.2, 0.25) is 0 Å². The predicted octanol–water partition coefficient (Wildman–Crippen LogP) is 4.27. The minimum absolute atomic E-state index is 0.0304. The second-order valence-corrected chi connectivity index (χ2v) is 5.13. The largest absolute Gasteiger partial charge is 0.489 e. The van der Waals surface area contributed by atoms with Gasteiger partial charge in [0.05, 0.1) is 22.8 Å². The lowest BCUT2D eigenvalue weighted by molar-refractivity contribution is 0.274. The van der Waals surface area contributed by atoms with Crippen LogP contribution in [0.15, 0.2) is 36.5 Å². The minimum atomic E-state index is -0.524. The molecule has 0 saturated heterocycles. The Bertz CT molecular complexity index is 619. The molecule has 0 fully saturated rings. The van der Waals surface area contributed by atoms with Gasteiger partial charge in [-0.25, -0.2) is 4.39 Å². The molecule has 22 heavy (non-hydrogen) atoms. The normalized spacial score (nSPS) is 12.0. The summed E-state index contributed by atoms with van der Waals surface area (Å²) in [4.78, 5) is 4.38. The predicted molar refractivity (Wildman–Crippen MR) is 88.6 cm³/mol. The molecule has 1 atom stereocenters. The van der Waals surface area contributed by atoms with E-state index in [0.717, 1.165) is 23.5 Å². The average Bonchev–Trinajstić information content (AvgIpc) is 2.55. The third-order valence-corrected chi connectivity index (χ3v) is 3.59. The fraction of sp³-hybridized carbons (Fsp3) is 0.353. The van der Waals surface area contributed by atoms with Crippen LogP contribution in [0.1, 0.15) is 31.9 Å². The molecular formula is C17H22FN3O. The Hall–Kier alpha value is -2.30. The Morgan fingerprint density at radius 1 is 1.27 bits per heavy atom. The van der Waals surface area contributed by atoms with Gasteiger partial charge in [-0.2, -0.15) is 0 Å². The molecule has 5 heteroatoms. The van der Waals surface area contributed by atoms with E-state index >= 15 is 0 Å². The van der Waals surface area contributed by atoms with Gasteiger partial charge < -0.3 is 15.8 Å². The number of aromatic nitrogens is 1. The minimum Gasteiger partial charge on any atom is -0.489 e. The molecule has 0 bridgehead atoms. The molecule has 0 spiro atoms.